The quantitative estimate of drug-likeness (QED) is 0.751. The molecule has 4 nitrogen and oxygen atoms in total. The van der Waals surface area contributed by atoms with Crippen LogP contribution in [0.3, 0.4) is 0 Å². The molecule has 1 aliphatic carbocycles. The molecule has 4 heteroatoms. The number of piperazine rings is 1. The third-order valence-corrected chi connectivity index (χ3v) is 5.90. The van der Waals surface area contributed by atoms with Gasteiger partial charge in [-0.05, 0) is 70.1 Å². The number of hydrogen-bond acceptors (Lipinski definition) is 3. The van der Waals surface area contributed by atoms with Crippen LogP contribution >= 0.6 is 0 Å². The SMILES string of the molecule is CC(C)=Nc1cc(C(=O)N2CCN(C3CCC(C)CC3)CC2)ccc1C. The van der Waals surface area contributed by atoms with Gasteiger partial charge in [-0.3, -0.25) is 14.7 Å². The Bertz CT molecular complexity index is 662. The Morgan fingerprint density at radius 1 is 1.04 bits per heavy atom. The van der Waals surface area contributed by atoms with Gasteiger partial charge in [0.05, 0.1) is 5.69 Å². The standard InChI is InChI=1S/C22H33N3O/c1-16(2)23-21-15-19(8-7-18(21)4)22(26)25-13-11-24(12-14-25)20-9-5-17(3)6-10-20/h7-8,15,17,20H,5-6,9-14H2,1-4H3. The largest absolute Gasteiger partial charge is 0.336 e. The van der Waals surface area contributed by atoms with Crippen molar-refractivity contribution in [3.05, 3.63) is 29.3 Å². The topological polar surface area (TPSA) is 35.9 Å². The summed E-state index contributed by atoms with van der Waals surface area (Å²) in [5.74, 6) is 1.03. The van der Waals surface area contributed by atoms with Gasteiger partial charge in [-0.25, -0.2) is 0 Å². The van der Waals surface area contributed by atoms with Gasteiger partial charge >= 0.3 is 0 Å². The predicted octanol–water partition coefficient (Wildman–Crippen LogP) is 4.44. The van der Waals surface area contributed by atoms with Crippen LogP contribution in [0.5, 0.6) is 0 Å². The van der Waals surface area contributed by atoms with E-state index in [1.54, 1.807) is 0 Å². The molecule has 1 amide bonds. The molecule has 142 valence electrons. The summed E-state index contributed by atoms with van der Waals surface area (Å²) in [6.07, 6.45) is 5.36. The Balaban J connectivity index is 1.61. The zero-order valence-electron chi connectivity index (χ0n) is 16.8. The second-order valence-corrected chi connectivity index (χ2v) is 8.30. The van der Waals surface area contributed by atoms with E-state index in [-0.39, 0.29) is 5.91 Å². The minimum atomic E-state index is 0.145. The normalized spacial score (nSPS) is 24.4. The van der Waals surface area contributed by atoms with Gasteiger partial charge in [0.1, 0.15) is 0 Å². The molecule has 0 radical (unpaired) electrons. The highest BCUT2D eigenvalue weighted by molar-refractivity contribution is 5.95. The maximum Gasteiger partial charge on any atom is 0.254 e. The number of aliphatic imine (C=N–C) groups is 1. The number of aryl methyl sites for hydroxylation is 1. The molecule has 0 spiro atoms. The van der Waals surface area contributed by atoms with Gasteiger partial charge in [-0.15, -0.1) is 0 Å². The third kappa shape index (κ3) is 4.53. The maximum atomic E-state index is 12.9. The Hall–Kier alpha value is -1.68. The van der Waals surface area contributed by atoms with Crippen molar-refractivity contribution < 1.29 is 4.79 Å². The fraction of sp³-hybridized carbons (Fsp3) is 0.636. The van der Waals surface area contributed by atoms with Crippen molar-refractivity contribution in [1.82, 2.24) is 9.80 Å². The van der Waals surface area contributed by atoms with E-state index in [1.807, 2.05) is 43.9 Å². The number of rotatable bonds is 3. The van der Waals surface area contributed by atoms with Crippen molar-refractivity contribution in [3.8, 4) is 0 Å². The number of amides is 1. The molecule has 2 fully saturated rings. The molecule has 1 aromatic rings. The molecule has 2 aliphatic rings. The summed E-state index contributed by atoms with van der Waals surface area (Å²) in [6, 6.07) is 6.63. The van der Waals surface area contributed by atoms with E-state index in [0.717, 1.165) is 60.7 Å². The van der Waals surface area contributed by atoms with Crippen molar-refractivity contribution in [2.45, 2.75) is 59.4 Å². The van der Waals surface area contributed by atoms with Crippen LogP contribution in [0.1, 0.15) is 62.4 Å². The summed E-state index contributed by atoms with van der Waals surface area (Å²) >= 11 is 0. The van der Waals surface area contributed by atoms with E-state index >= 15 is 0 Å². The fourth-order valence-electron chi connectivity index (χ4n) is 4.18. The summed E-state index contributed by atoms with van der Waals surface area (Å²) in [6.45, 7) is 12.1. The molecule has 0 bridgehead atoms. The van der Waals surface area contributed by atoms with Gasteiger partial charge in [0, 0.05) is 43.5 Å². The van der Waals surface area contributed by atoms with Gasteiger partial charge in [-0.1, -0.05) is 13.0 Å². The molecule has 26 heavy (non-hydrogen) atoms. The molecule has 0 N–H and O–H groups in total. The van der Waals surface area contributed by atoms with Gasteiger partial charge in [0.2, 0.25) is 0 Å². The van der Waals surface area contributed by atoms with Crippen LogP contribution in [0.25, 0.3) is 0 Å². The number of benzene rings is 1. The summed E-state index contributed by atoms with van der Waals surface area (Å²) in [5, 5.41) is 0. The molecular formula is C22H33N3O. The second kappa shape index (κ2) is 8.34. The van der Waals surface area contributed by atoms with Crippen LogP contribution in [0, 0.1) is 12.8 Å². The van der Waals surface area contributed by atoms with Gasteiger partial charge in [0.25, 0.3) is 5.91 Å². The predicted molar refractivity (Wildman–Crippen MR) is 109 cm³/mol. The van der Waals surface area contributed by atoms with Crippen LogP contribution < -0.4 is 0 Å². The lowest BCUT2D eigenvalue weighted by atomic mass is 9.86. The summed E-state index contributed by atoms with van der Waals surface area (Å²) in [5.41, 5.74) is 3.79. The lowest BCUT2D eigenvalue weighted by molar-refractivity contribution is 0.0501. The highest BCUT2D eigenvalue weighted by Crippen LogP contribution is 2.28. The lowest BCUT2D eigenvalue weighted by Crippen LogP contribution is -2.52. The molecule has 1 aliphatic heterocycles. The molecule has 1 saturated heterocycles. The number of hydrogen-bond donors (Lipinski definition) is 0. The van der Waals surface area contributed by atoms with E-state index in [0.29, 0.717) is 0 Å². The molecule has 1 saturated carbocycles. The maximum absolute atomic E-state index is 12.9. The Labute approximate surface area is 158 Å². The van der Waals surface area contributed by atoms with E-state index in [2.05, 4.69) is 16.8 Å². The number of carbonyl (C=O) groups is 1. The highest BCUT2D eigenvalue weighted by atomic mass is 16.2. The average molecular weight is 356 g/mol. The van der Waals surface area contributed by atoms with Crippen molar-refractivity contribution in [1.29, 1.82) is 0 Å². The van der Waals surface area contributed by atoms with E-state index in [1.165, 1.54) is 25.7 Å². The monoisotopic (exact) mass is 355 g/mol. The van der Waals surface area contributed by atoms with Gasteiger partial charge in [-0.2, -0.15) is 0 Å². The average Bonchev–Trinajstić information content (AvgIpc) is 2.63. The lowest BCUT2D eigenvalue weighted by Gasteiger charge is -2.41. The van der Waals surface area contributed by atoms with Crippen LogP contribution in [-0.4, -0.2) is 53.6 Å². The molecular weight excluding hydrogens is 322 g/mol. The zero-order valence-corrected chi connectivity index (χ0v) is 16.8. The number of nitrogens with zero attached hydrogens (tertiary/aromatic N) is 3. The number of carbonyl (C=O) groups excluding carboxylic acids is 1. The van der Waals surface area contributed by atoms with Crippen LogP contribution in [0.2, 0.25) is 0 Å². The van der Waals surface area contributed by atoms with Crippen LogP contribution in [0.15, 0.2) is 23.2 Å². The van der Waals surface area contributed by atoms with Gasteiger partial charge in [0.15, 0.2) is 0 Å². The Morgan fingerprint density at radius 2 is 1.69 bits per heavy atom. The highest BCUT2D eigenvalue weighted by Gasteiger charge is 2.28. The minimum absolute atomic E-state index is 0.145. The second-order valence-electron chi connectivity index (χ2n) is 8.30. The molecule has 0 atom stereocenters. The van der Waals surface area contributed by atoms with Crippen molar-refractivity contribution in [3.63, 3.8) is 0 Å². The third-order valence-electron chi connectivity index (χ3n) is 5.90. The summed E-state index contributed by atoms with van der Waals surface area (Å²) < 4.78 is 0. The zero-order chi connectivity index (χ0) is 18.7. The molecule has 0 unspecified atom stereocenters. The first-order chi connectivity index (χ1) is 12.4. The first kappa shape index (κ1) is 19.1. The molecule has 1 aromatic carbocycles. The summed E-state index contributed by atoms with van der Waals surface area (Å²) in [4.78, 5) is 22.1. The Morgan fingerprint density at radius 3 is 2.31 bits per heavy atom. The van der Waals surface area contributed by atoms with Crippen molar-refractivity contribution in [2.24, 2.45) is 10.9 Å². The smallest absolute Gasteiger partial charge is 0.254 e. The van der Waals surface area contributed by atoms with Gasteiger partial charge < -0.3 is 4.90 Å². The minimum Gasteiger partial charge on any atom is -0.336 e. The van der Waals surface area contributed by atoms with E-state index < -0.39 is 0 Å². The van der Waals surface area contributed by atoms with Crippen LogP contribution in [0.4, 0.5) is 5.69 Å². The first-order valence-electron chi connectivity index (χ1n) is 10.1. The Kier molecular flexibility index (Phi) is 6.13. The van der Waals surface area contributed by atoms with E-state index in [9.17, 15) is 4.79 Å². The van der Waals surface area contributed by atoms with E-state index in [4.69, 9.17) is 0 Å². The molecule has 0 aromatic heterocycles. The van der Waals surface area contributed by atoms with Crippen molar-refractivity contribution in [2.75, 3.05) is 26.2 Å². The fourth-order valence-corrected chi connectivity index (χ4v) is 4.18. The van der Waals surface area contributed by atoms with Crippen molar-refractivity contribution >= 4 is 17.3 Å². The first-order valence-corrected chi connectivity index (χ1v) is 10.1. The molecule has 1 heterocycles. The van der Waals surface area contributed by atoms with Crippen LogP contribution in [-0.2, 0) is 0 Å². The summed E-state index contributed by atoms with van der Waals surface area (Å²) in [7, 11) is 0. The molecule has 3 rings (SSSR count).